The van der Waals surface area contributed by atoms with Crippen LogP contribution in [0.5, 0.6) is 0 Å². The highest BCUT2D eigenvalue weighted by Crippen LogP contribution is 2.33. The van der Waals surface area contributed by atoms with E-state index in [1.807, 2.05) is 38.1 Å². The second-order valence-electron chi connectivity index (χ2n) is 7.51. The Labute approximate surface area is 186 Å². The summed E-state index contributed by atoms with van der Waals surface area (Å²) in [5, 5.41) is 10.4. The van der Waals surface area contributed by atoms with Gasteiger partial charge in [0.2, 0.25) is 5.91 Å². The van der Waals surface area contributed by atoms with Crippen LogP contribution in [-0.4, -0.2) is 26.6 Å². The number of pyridine rings is 1. The van der Waals surface area contributed by atoms with E-state index in [2.05, 4.69) is 20.7 Å². The van der Waals surface area contributed by atoms with Crippen molar-refractivity contribution in [3.05, 3.63) is 89.9 Å². The first-order chi connectivity index (χ1) is 15.4. The van der Waals surface area contributed by atoms with Crippen LogP contribution in [0.15, 0.2) is 73.1 Å². The lowest BCUT2D eigenvalue weighted by molar-refractivity contribution is -0.114. The molecule has 7 nitrogen and oxygen atoms in total. The lowest BCUT2D eigenvalue weighted by Crippen LogP contribution is -2.13. The van der Waals surface area contributed by atoms with Gasteiger partial charge < -0.3 is 10.6 Å². The van der Waals surface area contributed by atoms with Gasteiger partial charge in [0.15, 0.2) is 0 Å². The number of aromatic nitrogens is 3. The van der Waals surface area contributed by atoms with Gasteiger partial charge in [-0.1, -0.05) is 29.8 Å². The van der Waals surface area contributed by atoms with Crippen LogP contribution in [0.2, 0.25) is 0 Å². The molecule has 2 amide bonds. The third-order valence-electron chi connectivity index (χ3n) is 4.99. The predicted octanol–water partition coefficient (Wildman–Crippen LogP) is 4.76. The Morgan fingerprint density at radius 2 is 1.62 bits per heavy atom. The largest absolute Gasteiger partial charge is 0.321 e. The summed E-state index contributed by atoms with van der Waals surface area (Å²) >= 11 is 0. The van der Waals surface area contributed by atoms with Crippen molar-refractivity contribution < 1.29 is 9.59 Å². The van der Waals surface area contributed by atoms with Crippen molar-refractivity contribution in [2.45, 2.75) is 20.8 Å². The topological polar surface area (TPSA) is 88.9 Å². The van der Waals surface area contributed by atoms with E-state index in [-0.39, 0.29) is 11.8 Å². The molecule has 0 aliphatic heterocycles. The average Bonchev–Trinajstić information content (AvgIpc) is 3.10. The number of aryl methyl sites for hydroxylation is 2. The number of anilines is 2. The Hall–Kier alpha value is -4.26. The molecule has 0 aliphatic rings. The molecular formula is C25H23N5O2. The Kier molecular flexibility index (Phi) is 5.81. The molecule has 0 aliphatic carbocycles. The van der Waals surface area contributed by atoms with Gasteiger partial charge in [-0.05, 0) is 55.8 Å². The minimum atomic E-state index is -0.233. The molecule has 4 rings (SSSR count). The SMILES string of the molecule is CC(=O)Nc1c(-c2ccc(C)cc2)c(C)nn1-c1ccc(C(=O)Nc2cccnc2)cc1. The lowest BCUT2D eigenvalue weighted by atomic mass is 10.0. The molecule has 2 N–H and O–H groups in total. The summed E-state index contributed by atoms with van der Waals surface area (Å²) in [4.78, 5) is 28.5. The fourth-order valence-corrected chi connectivity index (χ4v) is 3.46. The summed E-state index contributed by atoms with van der Waals surface area (Å²) in [6.45, 7) is 5.41. The third-order valence-corrected chi connectivity index (χ3v) is 4.99. The number of hydrogen-bond donors (Lipinski definition) is 2. The maximum Gasteiger partial charge on any atom is 0.255 e. The Balaban J connectivity index is 1.68. The van der Waals surface area contributed by atoms with Gasteiger partial charge in [-0.15, -0.1) is 0 Å². The first-order valence-corrected chi connectivity index (χ1v) is 10.2. The van der Waals surface area contributed by atoms with E-state index in [9.17, 15) is 9.59 Å². The molecule has 7 heteroatoms. The van der Waals surface area contributed by atoms with Crippen LogP contribution in [-0.2, 0) is 4.79 Å². The molecule has 0 fully saturated rings. The van der Waals surface area contributed by atoms with Crippen LogP contribution in [0.4, 0.5) is 11.5 Å². The summed E-state index contributed by atoms with van der Waals surface area (Å²) in [6.07, 6.45) is 3.24. The van der Waals surface area contributed by atoms with Crippen molar-refractivity contribution in [3.63, 3.8) is 0 Å². The first kappa shape index (κ1) is 21.0. The van der Waals surface area contributed by atoms with Crippen LogP contribution in [0.3, 0.4) is 0 Å². The van der Waals surface area contributed by atoms with Gasteiger partial charge in [-0.25, -0.2) is 4.68 Å². The molecule has 0 radical (unpaired) electrons. The van der Waals surface area contributed by atoms with Crippen LogP contribution in [0, 0.1) is 13.8 Å². The van der Waals surface area contributed by atoms with Gasteiger partial charge in [0, 0.05) is 24.2 Å². The third kappa shape index (κ3) is 4.41. The van der Waals surface area contributed by atoms with Crippen LogP contribution >= 0.6 is 0 Å². The van der Waals surface area contributed by atoms with E-state index >= 15 is 0 Å². The predicted molar refractivity (Wildman–Crippen MR) is 125 cm³/mol. The highest BCUT2D eigenvalue weighted by atomic mass is 16.2. The van der Waals surface area contributed by atoms with Gasteiger partial charge in [0.05, 0.1) is 23.3 Å². The van der Waals surface area contributed by atoms with E-state index in [4.69, 9.17) is 0 Å². The molecule has 4 aromatic rings. The summed E-state index contributed by atoms with van der Waals surface area (Å²) in [7, 11) is 0. The summed E-state index contributed by atoms with van der Waals surface area (Å²) in [5.41, 5.74) is 5.62. The fraction of sp³-hybridized carbons (Fsp3) is 0.120. The summed E-state index contributed by atoms with van der Waals surface area (Å²) in [6, 6.07) is 18.7. The molecule has 2 heterocycles. The first-order valence-electron chi connectivity index (χ1n) is 10.2. The van der Waals surface area contributed by atoms with Crippen molar-refractivity contribution in [1.29, 1.82) is 0 Å². The van der Waals surface area contributed by atoms with Crippen molar-refractivity contribution in [2.75, 3.05) is 10.6 Å². The molecule has 0 saturated carbocycles. The number of nitrogens with one attached hydrogen (secondary N) is 2. The number of rotatable bonds is 5. The van der Waals surface area contributed by atoms with E-state index in [1.165, 1.54) is 6.92 Å². The van der Waals surface area contributed by atoms with Crippen LogP contribution < -0.4 is 10.6 Å². The van der Waals surface area contributed by atoms with Gasteiger partial charge >= 0.3 is 0 Å². The van der Waals surface area contributed by atoms with E-state index in [0.717, 1.165) is 28.1 Å². The molecule has 0 unspecified atom stereocenters. The smallest absolute Gasteiger partial charge is 0.255 e. The van der Waals surface area contributed by atoms with Gasteiger partial charge in [0.25, 0.3) is 5.91 Å². The molecule has 2 aromatic heterocycles. The number of nitrogens with zero attached hydrogens (tertiary/aromatic N) is 3. The van der Waals surface area contributed by atoms with Gasteiger partial charge in [-0.2, -0.15) is 5.10 Å². The Morgan fingerprint density at radius 1 is 0.906 bits per heavy atom. The quantitative estimate of drug-likeness (QED) is 0.482. The van der Waals surface area contributed by atoms with Crippen molar-refractivity contribution >= 4 is 23.3 Å². The van der Waals surface area contributed by atoms with E-state index < -0.39 is 0 Å². The minimum Gasteiger partial charge on any atom is -0.321 e. The van der Waals surface area contributed by atoms with Crippen molar-refractivity contribution in [2.24, 2.45) is 0 Å². The molecule has 32 heavy (non-hydrogen) atoms. The minimum absolute atomic E-state index is 0.188. The Morgan fingerprint density at radius 3 is 2.25 bits per heavy atom. The fourth-order valence-electron chi connectivity index (χ4n) is 3.46. The van der Waals surface area contributed by atoms with E-state index in [0.29, 0.717) is 17.1 Å². The summed E-state index contributed by atoms with van der Waals surface area (Å²) in [5.74, 6) is 0.169. The highest BCUT2D eigenvalue weighted by Gasteiger charge is 2.19. The highest BCUT2D eigenvalue weighted by molar-refractivity contribution is 6.04. The normalized spacial score (nSPS) is 10.6. The molecule has 0 spiro atoms. The molecule has 0 atom stereocenters. The van der Waals surface area contributed by atoms with Gasteiger partial charge in [-0.3, -0.25) is 14.6 Å². The number of benzene rings is 2. The lowest BCUT2D eigenvalue weighted by Gasteiger charge is -2.11. The zero-order valence-corrected chi connectivity index (χ0v) is 18.1. The molecule has 0 saturated heterocycles. The van der Waals surface area contributed by atoms with Crippen LogP contribution in [0.1, 0.15) is 28.5 Å². The standard InChI is InChI=1S/C25H23N5O2/c1-16-6-8-19(9-7-16)23-17(2)29-30(24(23)27-18(3)31)22-12-10-20(11-13-22)25(32)28-21-5-4-14-26-15-21/h4-15H,1-3H3,(H,27,31)(H,28,32). The van der Waals surface area contributed by atoms with Crippen molar-refractivity contribution in [3.8, 4) is 16.8 Å². The maximum atomic E-state index is 12.5. The average molecular weight is 425 g/mol. The Bertz CT molecular complexity index is 1260. The van der Waals surface area contributed by atoms with Crippen LogP contribution in [0.25, 0.3) is 16.8 Å². The zero-order valence-electron chi connectivity index (χ0n) is 18.1. The number of carbonyl (C=O) groups is 2. The molecular weight excluding hydrogens is 402 g/mol. The van der Waals surface area contributed by atoms with Crippen molar-refractivity contribution in [1.82, 2.24) is 14.8 Å². The molecule has 160 valence electrons. The number of hydrogen-bond acceptors (Lipinski definition) is 4. The molecule has 0 bridgehead atoms. The number of amides is 2. The summed E-state index contributed by atoms with van der Waals surface area (Å²) < 4.78 is 1.69. The second kappa shape index (κ2) is 8.85. The van der Waals surface area contributed by atoms with E-state index in [1.54, 1.807) is 53.5 Å². The van der Waals surface area contributed by atoms with Gasteiger partial charge in [0.1, 0.15) is 5.82 Å². The zero-order chi connectivity index (χ0) is 22.7. The monoisotopic (exact) mass is 425 g/mol. The molecule has 2 aromatic carbocycles. The maximum absolute atomic E-state index is 12.5. The second-order valence-corrected chi connectivity index (χ2v) is 7.51. The number of carbonyl (C=O) groups excluding carboxylic acids is 2.